The summed E-state index contributed by atoms with van der Waals surface area (Å²) in [6, 6.07) is 0. The van der Waals surface area contributed by atoms with Crippen LogP contribution in [0.1, 0.15) is 65.2 Å². The first-order valence-corrected chi connectivity index (χ1v) is 6.61. The molecule has 94 valence electrons. The van der Waals surface area contributed by atoms with Crippen LogP contribution in [-0.4, -0.2) is 12.6 Å². The topological polar surface area (TPSA) is 26.3 Å². The number of esters is 1. The summed E-state index contributed by atoms with van der Waals surface area (Å²) in [6.45, 7) is 4.48. The highest BCUT2D eigenvalue weighted by atomic mass is 16.5. The van der Waals surface area contributed by atoms with Gasteiger partial charge in [-0.3, -0.25) is 4.79 Å². The van der Waals surface area contributed by atoms with Crippen molar-refractivity contribution in [2.45, 2.75) is 65.2 Å². The molecule has 0 bridgehead atoms. The van der Waals surface area contributed by atoms with E-state index in [2.05, 4.69) is 13.0 Å². The second-order valence-corrected chi connectivity index (χ2v) is 4.06. The Morgan fingerprint density at radius 3 is 2.38 bits per heavy atom. The largest absolute Gasteiger partial charge is 0.461 e. The standard InChI is InChI=1S/C14H26O2/c1-3-5-6-7-8-9-10-11-12-13-16-14(15)4-2/h11-12H,3-10,13H2,1-2H3/b12-11+. The molecule has 0 spiro atoms. The molecule has 0 aliphatic heterocycles. The monoisotopic (exact) mass is 226 g/mol. The van der Waals surface area contributed by atoms with Gasteiger partial charge in [-0.2, -0.15) is 0 Å². The van der Waals surface area contributed by atoms with Crippen LogP contribution in [0.4, 0.5) is 0 Å². The first-order valence-electron chi connectivity index (χ1n) is 6.61. The molecule has 0 aromatic heterocycles. The maximum absolute atomic E-state index is 10.8. The van der Waals surface area contributed by atoms with Crippen LogP contribution in [0, 0.1) is 0 Å². The van der Waals surface area contributed by atoms with Gasteiger partial charge in [0.25, 0.3) is 0 Å². The van der Waals surface area contributed by atoms with Gasteiger partial charge in [-0.15, -0.1) is 0 Å². The molecule has 0 atom stereocenters. The Morgan fingerprint density at radius 1 is 1.00 bits per heavy atom. The van der Waals surface area contributed by atoms with Crippen LogP contribution in [0.2, 0.25) is 0 Å². The predicted octanol–water partition coefficient (Wildman–Crippen LogP) is 4.25. The summed E-state index contributed by atoms with van der Waals surface area (Å²) in [5, 5.41) is 0. The van der Waals surface area contributed by atoms with Crippen molar-refractivity contribution >= 4 is 5.97 Å². The Labute approximate surface area is 100 Å². The van der Waals surface area contributed by atoms with Gasteiger partial charge in [-0.1, -0.05) is 58.1 Å². The molecule has 0 aliphatic carbocycles. The van der Waals surface area contributed by atoms with Gasteiger partial charge in [0.2, 0.25) is 0 Å². The fourth-order valence-electron chi connectivity index (χ4n) is 1.47. The summed E-state index contributed by atoms with van der Waals surface area (Å²) in [5.41, 5.74) is 0. The first kappa shape index (κ1) is 15.2. The number of allylic oxidation sites excluding steroid dienone is 1. The molecule has 2 nitrogen and oxygen atoms in total. The van der Waals surface area contributed by atoms with Gasteiger partial charge in [0.05, 0.1) is 0 Å². The van der Waals surface area contributed by atoms with Crippen molar-refractivity contribution in [2.75, 3.05) is 6.61 Å². The van der Waals surface area contributed by atoms with Gasteiger partial charge < -0.3 is 4.74 Å². The Balaban J connectivity index is 3.12. The highest BCUT2D eigenvalue weighted by Crippen LogP contribution is 2.06. The molecule has 16 heavy (non-hydrogen) atoms. The van der Waals surface area contributed by atoms with E-state index < -0.39 is 0 Å². The normalized spacial score (nSPS) is 10.9. The van der Waals surface area contributed by atoms with Gasteiger partial charge in [-0.05, 0) is 12.8 Å². The minimum absolute atomic E-state index is 0.121. The molecular formula is C14H26O2. The zero-order chi connectivity index (χ0) is 12.1. The van der Waals surface area contributed by atoms with Crippen molar-refractivity contribution in [3.05, 3.63) is 12.2 Å². The Hall–Kier alpha value is -0.790. The van der Waals surface area contributed by atoms with Crippen LogP contribution >= 0.6 is 0 Å². The number of rotatable bonds is 10. The van der Waals surface area contributed by atoms with Crippen molar-refractivity contribution in [1.29, 1.82) is 0 Å². The van der Waals surface area contributed by atoms with Crippen LogP contribution in [0.15, 0.2) is 12.2 Å². The number of unbranched alkanes of at least 4 members (excludes halogenated alkanes) is 6. The lowest BCUT2D eigenvalue weighted by Gasteiger charge is -1.98. The molecule has 0 aromatic carbocycles. The molecule has 0 N–H and O–H groups in total. The Morgan fingerprint density at radius 2 is 1.69 bits per heavy atom. The number of carbonyl (C=O) groups is 1. The fourth-order valence-corrected chi connectivity index (χ4v) is 1.47. The van der Waals surface area contributed by atoms with E-state index in [0.717, 1.165) is 6.42 Å². The number of hydrogen-bond donors (Lipinski definition) is 0. The Bertz CT molecular complexity index is 185. The summed E-state index contributed by atoms with van der Waals surface area (Å²) >= 11 is 0. The molecule has 0 radical (unpaired) electrons. The zero-order valence-corrected chi connectivity index (χ0v) is 10.8. The second kappa shape index (κ2) is 12.3. The average molecular weight is 226 g/mol. The van der Waals surface area contributed by atoms with Gasteiger partial charge in [0.1, 0.15) is 6.61 Å². The van der Waals surface area contributed by atoms with Crippen LogP contribution in [0.5, 0.6) is 0 Å². The molecule has 0 rings (SSSR count). The van der Waals surface area contributed by atoms with Crippen LogP contribution in [0.25, 0.3) is 0 Å². The quantitative estimate of drug-likeness (QED) is 0.316. The lowest BCUT2D eigenvalue weighted by atomic mass is 10.1. The molecule has 0 fully saturated rings. The first-order chi connectivity index (χ1) is 7.81. The summed E-state index contributed by atoms with van der Waals surface area (Å²) in [5.74, 6) is -0.121. The van der Waals surface area contributed by atoms with Gasteiger partial charge in [0, 0.05) is 6.42 Å². The summed E-state index contributed by atoms with van der Waals surface area (Å²) in [7, 11) is 0. The van der Waals surface area contributed by atoms with Crippen molar-refractivity contribution in [2.24, 2.45) is 0 Å². The summed E-state index contributed by atoms with van der Waals surface area (Å²) in [4.78, 5) is 10.8. The van der Waals surface area contributed by atoms with E-state index >= 15 is 0 Å². The van der Waals surface area contributed by atoms with Gasteiger partial charge >= 0.3 is 5.97 Å². The van der Waals surface area contributed by atoms with Crippen molar-refractivity contribution in [1.82, 2.24) is 0 Å². The molecule has 0 unspecified atom stereocenters. The lowest BCUT2D eigenvalue weighted by molar-refractivity contribution is -0.141. The maximum atomic E-state index is 10.8. The third-order valence-corrected chi connectivity index (χ3v) is 2.52. The number of hydrogen-bond acceptors (Lipinski definition) is 2. The third-order valence-electron chi connectivity index (χ3n) is 2.52. The Kier molecular flexibility index (Phi) is 11.7. The molecule has 2 heteroatoms. The fraction of sp³-hybridized carbons (Fsp3) is 0.786. The summed E-state index contributed by atoms with van der Waals surface area (Å²) in [6.07, 6.45) is 13.6. The molecule has 0 saturated carbocycles. The van der Waals surface area contributed by atoms with E-state index in [9.17, 15) is 4.79 Å². The van der Waals surface area contributed by atoms with E-state index in [-0.39, 0.29) is 5.97 Å². The number of carbonyl (C=O) groups excluding carboxylic acids is 1. The van der Waals surface area contributed by atoms with Crippen LogP contribution in [-0.2, 0) is 9.53 Å². The summed E-state index contributed by atoms with van der Waals surface area (Å²) < 4.78 is 4.93. The van der Waals surface area contributed by atoms with E-state index in [1.165, 1.54) is 38.5 Å². The van der Waals surface area contributed by atoms with E-state index in [1.54, 1.807) is 0 Å². The smallest absolute Gasteiger partial charge is 0.305 e. The van der Waals surface area contributed by atoms with Gasteiger partial charge in [-0.25, -0.2) is 0 Å². The van der Waals surface area contributed by atoms with E-state index in [0.29, 0.717) is 13.0 Å². The minimum Gasteiger partial charge on any atom is -0.461 e. The minimum atomic E-state index is -0.121. The molecule has 0 amide bonds. The van der Waals surface area contributed by atoms with Gasteiger partial charge in [0.15, 0.2) is 0 Å². The molecule has 0 aromatic rings. The molecule has 0 saturated heterocycles. The lowest BCUT2D eigenvalue weighted by Crippen LogP contribution is -2.01. The highest BCUT2D eigenvalue weighted by molar-refractivity contribution is 5.68. The molecule has 0 heterocycles. The van der Waals surface area contributed by atoms with E-state index in [1.807, 2.05) is 13.0 Å². The average Bonchev–Trinajstić information content (AvgIpc) is 2.31. The predicted molar refractivity (Wildman–Crippen MR) is 68.4 cm³/mol. The highest BCUT2D eigenvalue weighted by Gasteiger charge is 1.93. The SMILES string of the molecule is CCCCCCCC/C=C/COC(=O)CC. The van der Waals surface area contributed by atoms with Crippen molar-refractivity contribution in [3.8, 4) is 0 Å². The van der Waals surface area contributed by atoms with E-state index in [4.69, 9.17) is 4.74 Å². The van der Waals surface area contributed by atoms with Crippen LogP contribution in [0.3, 0.4) is 0 Å². The molecule has 0 aliphatic rings. The van der Waals surface area contributed by atoms with Crippen LogP contribution < -0.4 is 0 Å². The second-order valence-electron chi connectivity index (χ2n) is 4.06. The number of ether oxygens (including phenoxy) is 1. The van der Waals surface area contributed by atoms with Crippen molar-refractivity contribution < 1.29 is 9.53 Å². The zero-order valence-electron chi connectivity index (χ0n) is 10.8. The van der Waals surface area contributed by atoms with Crippen molar-refractivity contribution in [3.63, 3.8) is 0 Å². The third kappa shape index (κ3) is 11.3. The molecular weight excluding hydrogens is 200 g/mol. The maximum Gasteiger partial charge on any atom is 0.305 e.